The van der Waals surface area contributed by atoms with Crippen molar-refractivity contribution in [3.05, 3.63) is 53.7 Å². The summed E-state index contributed by atoms with van der Waals surface area (Å²) in [6.07, 6.45) is 2.95. The van der Waals surface area contributed by atoms with Gasteiger partial charge in [-0.1, -0.05) is 6.07 Å². The number of anilines is 2. The van der Waals surface area contributed by atoms with Crippen molar-refractivity contribution in [1.82, 2.24) is 10.6 Å². The van der Waals surface area contributed by atoms with E-state index in [1.165, 1.54) is 11.0 Å². The van der Waals surface area contributed by atoms with E-state index in [2.05, 4.69) is 16.0 Å². The van der Waals surface area contributed by atoms with Gasteiger partial charge in [0.25, 0.3) is 11.7 Å². The number of benzene rings is 1. The molecule has 0 saturated heterocycles. The fourth-order valence-electron chi connectivity index (χ4n) is 4.60. The highest BCUT2D eigenvalue weighted by molar-refractivity contribution is 7.90. The van der Waals surface area contributed by atoms with Crippen LogP contribution in [0.2, 0.25) is 0 Å². The quantitative estimate of drug-likeness (QED) is 0.415. The molecule has 1 aromatic carbocycles. The number of nitrogens with one attached hydrogen (secondary N) is 3. The number of nitrogens with zero attached hydrogens (tertiary/aromatic N) is 2. The molecule has 2 aliphatic heterocycles. The lowest BCUT2D eigenvalue weighted by molar-refractivity contribution is -0.710. The maximum atomic E-state index is 14.2. The molecular formula is C24H28F2N5O5S+. The maximum Gasteiger partial charge on any atom is 0.337 e. The number of rotatable bonds is 8. The van der Waals surface area contributed by atoms with Gasteiger partial charge in [-0.3, -0.25) is 9.59 Å². The van der Waals surface area contributed by atoms with Crippen molar-refractivity contribution in [3.8, 4) is 0 Å². The van der Waals surface area contributed by atoms with Gasteiger partial charge < -0.3 is 16.0 Å². The summed E-state index contributed by atoms with van der Waals surface area (Å²) in [5, 5.41) is 7.79. The standard InChI is InChI=1S/C24H27F2N5O5S/c1-13(27-9-11-37(3,35)36)21(32)28-19-14(2)30-10-5-6-15-12-18(31(23(15)30)24(19)34)22(33)29-20-16(25)7-4-8-17(20)26/h4-8,10,13-14,18-19,27H,9,11-12H2,1-3H3,(H-,28,29,32,33)/p+1/t13-,14?,18-,19-/m0/s1. The molecule has 3 amide bonds. The molecule has 0 spiro atoms. The molecule has 0 radical (unpaired) electrons. The van der Waals surface area contributed by atoms with E-state index in [0.717, 1.165) is 18.4 Å². The predicted molar refractivity (Wildman–Crippen MR) is 130 cm³/mol. The summed E-state index contributed by atoms with van der Waals surface area (Å²) < 4.78 is 52.8. The van der Waals surface area contributed by atoms with Gasteiger partial charge in [-0.05, 0) is 38.1 Å². The average molecular weight is 537 g/mol. The van der Waals surface area contributed by atoms with Crippen LogP contribution in [0.4, 0.5) is 20.3 Å². The SMILES string of the molecule is CC1[C@H](NC(=O)[C@H](C)NCCS(C)(=O)=O)C(=O)N2c3c(ccc[n+]31)C[C@H]2C(=O)Nc1c(F)cccc1F. The molecule has 3 N–H and O–H groups in total. The molecule has 2 aliphatic rings. The van der Waals surface area contributed by atoms with Gasteiger partial charge in [0.15, 0.2) is 12.1 Å². The van der Waals surface area contributed by atoms with Gasteiger partial charge in [-0.25, -0.2) is 26.6 Å². The number of halogens is 2. The lowest BCUT2D eigenvalue weighted by atomic mass is 10.0. The maximum absolute atomic E-state index is 14.2. The summed E-state index contributed by atoms with van der Waals surface area (Å²) in [6, 6.07) is 3.30. The van der Waals surface area contributed by atoms with Gasteiger partial charge in [0.05, 0.1) is 18.0 Å². The van der Waals surface area contributed by atoms with Crippen molar-refractivity contribution >= 4 is 39.1 Å². The molecule has 0 saturated carbocycles. The highest BCUT2D eigenvalue weighted by atomic mass is 32.2. The summed E-state index contributed by atoms with van der Waals surface area (Å²) in [6.45, 7) is 3.36. The Kier molecular flexibility index (Phi) is 7.29. The average Bonchev–Trinajstić information content (AvgIpc) is 3.22. The van der Waals surface area contributed by atoms with E-state index in [9.17, 15) is 31.6 Å². The molecule has 0 aliphatic carbocycles. The fraction of sp³-hybridized carbons (Fsp3) is 0.417. The van der Waals surface area contributed by atoms with Crippen LogP contribution in [0.5, 0.6) is 0 Å². The highest BCUT2D eigenvalue weighted by Crippen LogP contribution is 2.35. The van der Waals surface area contributed by atoms with E-state index in [1.54, 1.807) is 36.7 Å². The summed E-state index contributed by atoms with van der Waals surface area (Å²) in [4.78, 5) is 40.9. The smallest absolute Gasteiger partial charge is 0.337 e. The highest BCUT2D eigenvalue weighted by Gasteiger charge is 2.55. The van der Waals surface area contributed by atoms with Gasteiger partial charge in [0, 0.05) is 24.8 Å². The molecule has 198 valence electrons. The molecule has 10 nitrogen and oxygen atoms in total. The molecule has 4 atom stereocenters. The van der Waals surface area contributed by atoms with E-state index in [1.807, 2.05) is 0 Å². The third-order valence-electron chi connectivity index (χ3n) is 6.58. The van der Waals surface area contributed by atoms with Gasteiger partial charge in [-0.2, -0.15) is 4.90 Å². The van der Waals surface area contributed by atoms with Gasteiger partial charge in [0.2, 0.25) is 5.91 Å². The van der Waals surface area contributed by atoms with Crippen LogP contribution in [0.1, 0.15) is 25.5 Å². The van der Waals surface area contributed by atoms with Crippen LogP contribution in [0.3, 0.4) is 0 Å². The van der Waals surface area contributed by atoms with Crippen LogP contribution in [-0.2, 0) is 30.6 Å². The fourth-order valence-corrected chi connectivity index (χ4v) is 5.09. The third-order valence-corrected chi connectivity index (χ3v) is 7.53. The summed E-state index contributed by atoms with van der Waals surface area (Å²) >= 11 is 0. The normalized spacial score (nSPS) is 21.4. The molecule has 4 rings (SSSR count). The number of sulfone groups is 1. The Labute approximate surface area is 213 Å². The number of aromatic nitrogens is 1. The molecule has 37 heavy (non-hydrogen) atoms. The number of para-hydroxylation sites is 1. The summed E-state index contributed by atoms with van der Waals surface area (Å²) in [5.41, 5.74) is 0.102. The Hall–Kier alpha value is -3.45. The first-order chi connectivity index (χ1) is 17.4. The first-order valence-corrected chi connectivity index (χ1v) is 13.8. The molecule has 0 fully saturated rings. The van der Waals surface area contributed by atoms with Crippen molar-refractivity contribution in [3.63, 3.8) is 0 Å². The van der Waals surface area contributed by atoms with Crippen LogP contribution < -0.4 is 25.4 Å². The first-order valence-electron chi connectivity index (χ1n) is 11.7. The van der Waals surface area contributed by atoms with Gasteiger partial charge in [0.1, 0.15) is 33.2 Å². The minimum Gasteiger partial charge on any atom is -0.337 e. The molecule has 1 aromatic heterocycles. The second-order valence-corrected chi connectivity index (χ2v) is 11.6. The van der Waals surface area contributed by atoms with Crippen LogP contribution in [0, 0.1) is 11.6 Å². The first kappa shape index (κ1) is 26.6. The second-order valence-electron chi connectivity index (χ2n) is 9.31. The van der Waals surface area contributed by atoms with Crippen molar-refractivity contribution in [2.45, 2.75) is 44.4 Å². The number of amides is 3. The molecular weight excluding hydrogens is 508 g/mol. The Morgan fingerprint density at radius 3 is 2.51 bits per heavy atom. The van der Waals surface area contributed by atoms with Crippen molar-refractivity contribution in [1.29, 1.82) is 0 Å². The number of hydrogen-bond donors (Lipinski definition) is 3. The largest absolute Gasteiger partial charge is 0.337 e. The number of hydrogen-bond acceptors (Lipinski definition) is 6. The number of pyridine rings is 1. The van der Waals surface area contributed by atoms with Crippen LogP contribution in [0.15, 0.2) is 36.5 Å². The summed E-state index contributed by atoms with van der Waals surface area (Å²) in [7, 11) is -3.21. The zero-order valence-electron chi connectivity index (χ0n) is 20.5. The van der Waals surface area contributed by atoms with Crippen molar-refractivity contribution < 1.29 is 36.1 Å². The van der Waals surface area contributed by atoms with Crippen molar-refractivity contribution in [2.24, 2.45) is 0 Å². The minimum absolute atomic E-state index is 0.0590. The third kappa shape index (κ3) is 5.32. The second kappa shape index (κ2) is 10.1. The van der Waals surface area contributed by atoms with Gasteiger partial charge in [-0.15, -0.1) is 0 Å². The zero-order chi connectivity index (χ0) is 27.1. The molecule has 2 aromatic rings. The van der Waals surface area contributed by atoms with Gasteiger partial charge >= 0.3 is 5.91 Å². The van der Waals surface area contributed by atoms with Crippen LogP contribution in [0.25, 0.3) is 0 Å². The lowest BCUT2D eigenvalue weighted by Gasteiger charge is -2.33. The van der Waals surface area contributed by atoms with E-state index in [-0.39, 0.29) is 18.7 Å². The van der Waals surface area contributed by atoms with E-state index in [4.69, 9.17) is 0 Å². The van der Waals surface area contributed by atoms with Crippen molar-refractivity contribution in [2.75, 3.05) is 28.8 Å². The minimum atomic E-state index is -3.21. The predicted octanol–water partition coefficient (Wildman–Crippen LogP) is 0.231. The Bertz CT molecular complexity index is 1350. The van der Waals surface area contributed by atoms with E-state index < -0.39 is 69.0 Å². The van der Waals surface area contributed by atoms with Crippen LogP contribution >= 0.6 is 0 Å². The molecule has 0 bridgehead atoms. The summed E-state index contributed by atoms with van der Waals surface area (Å²) in [5.74, 6) is -3.38. The topological polar surface area (TPSA) is 129 Å². The lowest BCUT2D eigenvalue weighted by Crippen LogP contribution is -2.67. The molecule has 1 unspecified atom stereocenters. The Balaban J connectivity index is 1.56. The molecule has 3 heterocycles. The molecule has 13 heteroatoms. The number of carbonyl (C=O) groups excluding carboxylic acids is 3. The van der Waals surface area contributed by atoms with E-state index in [0.29, 0.717) is 11.4 Å². The van der Waals surface area contributed by atoms with E-state index >= 15 is 0 Å². The number of carbonyl (C=O) groups is 3. The monoisotopic (exact) mass is 536 g/mol. The Morgan fingerprint density at radius 1 is 1.19 bits per heavy atom. The van der Waals surface area contributed by atoms with Crippen LogP contribution in [-0.4, -0.2) is 62.8 Å². The zero-order valence-corrected chi connectivity index (χ0v) is 21.3. The Morgan fingerprint density at radius 2 is 1.86 bits per heavy atom.